The standard InChI is InChI=1S/C16H17N5O2/c1-3-22-9-15-19-12(2)8-16(20-15)23-14-6-4-13(5-7-14)21-11-17-10-18-21/h4-8,10-11H,3,9H2,1-2H3. The van der Waals surface area contributed by atoms with Crippen molar-refractivity contribution >= 4 is 0 Å². The molecule has 2 aromatic heterocycles. The summed E-state index contributed by atoms with van der Waals surface area (Å²) in [7, 11) is 0. The maximum atomic E-state index is 5.80. The lowest BCUT2D eigenvalue weighted by molar-refractivity contribution is 0.127. The van der Waals surface area contributed by atoms with Crippen molar-refractivity contribution in [1.82, 2.24) is 24.7 Å². The molecule has 0 saturated carbocycles. The van der Waals surface area contributed by atoms with E-state index in [2.05, 4.69) is 20.1 Å². The zero-order valence-corrected chi connectivity index (χ0v) is 13.0. The van der Waals surface area contributed by atoms with Crippen LogP contribution in [0.5, 0.6) is 11.6 Å². The van der Waals surface area contributed by atoms with Gasteiger partial charge in [0.25, 0.3) is 0 Å². The third kappa shape index (κ3) is 3.89. The summed E-state index contributed by atoms with van der Waals surface area (Å²) in [6.07, 6.45) is 3.14. The van der Waals surface area contributed by atoms with Crippen molar-refractivity contribution in [3.05, 3.63) is 54.5 Å². The smallest absolute Gasteiger partial charge is 0.222 e. The topological polar surface area (TPSA) is 75.0 Å². The number of nitrogens with zero attached hydrogens (tertiary/aromatic N) is 5. The zero-order chi connectivity index (χ0) is 16.1. The monoisotopic (exact) mass is 311 g/mol. The van der Waals surface area contributed by atoms with E-state index in [0.717, 1.165) is 11.4 Å². The Morgan fingerprint density at radius 2 is 1.96 bits per heavy atom. The van der Waals surface area contributed by atoms with Crippen LogP contribution in [0.2, 0.25) is 0 Å². The Morgan fingerprint density at radius 1 is 1.13 bits per heavy atom. The average Bonchev–Trinajstić information content (AvgIpc) is 3.07. The molecule has 3 rings (SSSR count). The lowest BCUT2D eigenvalue weighted by atomic mass is 10.3. The van der Waals surface area contributed by atoms with E-state index in [-0.39, 0.29) is 0 Å². The molecule has 0 atom stereocenters. The van der Waals surface area contributed by atoms with Crippen molar-refractivity contribution in [3.8, 4) is 17.3 Å². The van der Waals surface area contributed by atoms with Gasteiger partial charge in [-0.05, 0) is 38.1 Å². The maximum absolute atomic E-state index is 5.80. The fourth-order valence-electron chi connectivity index (χ4n) is 2.04. The fourth-order valence-corrected chi connectivity index (χ4v) is 2.04. The van der Waals surface area contributed by atoms with Crippen molar-refractivity contribution in [1.29, 1.82) is 0 Å². The van der Waals surface area contributed by atoms with Crippen LogP contribution in [0.15, 0.2) is 43.0 Å². The Hall–Kier alpha value is -2.80. The van der Waals surface area contributed by atoms with E-state index in [1.54, 1.807) is 17.1 Å². The van der Waals surface area contributed by atoms with Gasteiger partial charge in [0.1, 0.15) is 25.0 Å². The van der Waals surface area contributed by atoms with Gasteiger partial charge in [0, 0.05) is 18.4 Å². The van der Waals surface area contributed by atoms with Crippen LogP contribution in [-0.2, 0) is 11.3 Å². The van der Waals surface area contributed by atoms with E-state index < -0.39 is 0 Å². The van der Waals surface area contributed by atoms with E-state index in [1.165, 1.54) is 6.33 Å². The van der Waals surface area contributed by atoms with Gasteiger partial charge in [-0.25, -0.2) is 14.6 Å². The molecule has 0 radical (unpaired) electrons. The minimum absolute atomic E-state index is 0.375. The van der Waals surface area contributed by atoms with Crippen molar-refractivity contribution in [2.45, 2.75) is 20.5 Å². The normalized spacial score (nSPS) is 10.7. The number of hydrogen-bond acceptors (Lipinski definition) is 6. The van der Waals surface area contributed by atoms with Gasteiger partial charge in [-0.15, -0.1) is 0 Å². The molecule has 0 bridgehead atoms. The predicted molar refractivity (Wildman–Crippen MR) is 83.5 cm³/mol. The number of ether oxygens (including phenoxy) is 2. The van der Waals surface area contributed by atoms with Gasteiger partial charge in [0.05, 0.1) is 5.69 Å². The van der Waals surface area contributed by atoms with E-state index in [0.29, 0.717) is 30.7 Å². The Bertz CT molecular complexity index is 757. The Balaban J connectivity index is 1.75. The fraction of sp³-hybridized carbons (Fsp3) is 0.250. The Kier molecular flexibility index (Phi) is 4.58. The molecule has 23 heavy (non-hydrogen) atoms. The van der Waals surface area contributed by atoms with Gasteiger partial charge in [0.2, 0.25) is 5.88 Å². The highest BCUT2D eigenvalue weighted by Gasteiger charge is 2.05. The maximum Gasteiger partial charge on any atom is 0.222 e. The number of benzene rings is 1. The average molecular weight is 311 g/mol. The third-order valence-corrected chi connectivity index (χ3v) is 3.05. The van der Waals surface area contributed by atoms with E-state index in [1.807, 2.05) is 38.1 Å². The van der Waals surface area contributed by atoms with Gasteiger partial charge in [-0.3, -0.25) is 0 Å². The van der Waals surface area contributed by atoms with E-state index in [4.69, 9.17) is 9.47 Å². The second-order valence-corrected chi connectivity index (χ2v) is 4.84. The lowest BCUT2D eigenvalue weighted by Crippen LogP contribution is -2.02. The molecule has 0 aliphatic carbocycles. The first-order valence-corrected chi connectivity index (χ1v) is 7.30. The van der Waals surface area contributed by atoms with Gasteiger partial charge < -0.3 is 9.47 Å². The van der Waals surface area contributed by atoms with Gasteiger partial charge >= 0.3 is 0 Å². The van der Waals surface area contributed by atoms with Crippen molar-refractivity contribution in [3.63, 3.8) is 0 Å². The zero-order valence-electron chi connectivity index (χ0n) is 13.0. The molecule has 0 unspecified atom stereocenters. The first-order chi connectivity index (χ1) is 11.2. The molecule has 1 aromatic carbocycles. The molecule has 0 aliphatic rings. The molecule has 0 saturated heterocycles. The number of aryl methyl sites for hydroxylation is 1. The Morgan fingerprint density at radius 3 is 2.65 bits per heavy atom. The minimum atomic E-state index is 0.375. The summed E-state index contributed by atoms with van der Waals surface area (Å²) in [5.74, 6) is 1.80. The summed E-state index contributed by atoms with van der Waals surface area (Å²) in [4.78, 5) is 12.6. The summed E-state index contributed by atoms with van der Waals surface area (Å²) in [6.45, 7) is 4.83. The second kappa shape index (κ2) is 6.97. The van der Waals surface area contributed by atoms with E-state index in [9.17, 15) is 0 Å². The minimum Gasteiger partial charge on any atom is -0.439 e. The van der Waals surface area contributed by atoms with Crippen LogP contribution in [0, 0.1) is 6.92 Å². The van der Waals surface area contributed by atoms with Gasteiger partial charge in [0.15, 0.2) is 5.82 Å². The highest BCUT2D eigenvalue weighted by atomic mass is 16.5. The molecule has 0 aliphatic heterocycles. The molecular weight excluding hydrogens is 294 g/mol. The quantitative estimate of drug-likeness (QED) is 0.697. The highest BCUT2D eigenvalue weighted by molar-refractivity contribution is 5.37. The molecule has 7 nitrogen and oxygen atoms in total. The van der Waals surface area contributed by atoms with Crippen LogP contribution in [0.3, 0.4) is 0 Å². The van der Waals surface area contributed by atoms with Crippen LogP contribution >= 0.6 is 0 Å². The summed E-state index contributed by atoms with van der Waals surface area (Å²) in [5, 5.41) is 4.08. The molecule has 0 fully saturated rings. The first-order valence-electron chi connectivity index (χ1n) is 7.30. The molecule has 7 heteroatoms. The lowest BCUT2D eigenvalue weighted by Gasteiger charge is -2.08. The van der Waals surface area contributed by atoms with Crippen LogP contribution < -0.4 is 4.74 Å². The summed E-state index contributed by atoms with van der Waals surface area (Å²) >= 11 is 0. The summed E-state index contributed by atoms with van der Waals surface area (Å²) < 4.78 is 12.8. The second-order valence-electron chi connectivity index (χ2n) is 4.84. The Labute approximate surface area is 133 Å². The molecular formula is C16H17N5O2. The van der Waals surface area contributed by atoms with Crippen LogP contribution in [-0.4, -0.2) is 31.3 Å². The first kappa shape index (κ1) is 15.1. The largest absolute Gasteiger partial charge is 0.439 e. The number of aromatic nitrogens is 5. The third-order valence-electron chi connectivity index (χ3n) is 3.05. The van der Waals surface area contributed by atoms with Crippen LogP contribution in [0.25, 0.3) is 5.69 Å². The van der Waals surface area contributed by atoms with Crippen LogP contribution in [0.1, 0.15) is 18.4 Å². The van der Waals surface area contributed by atoms with E-state index >= 15 is 0 Å². The van der Waals surface area contributed by atoms with Crippen molar-refractivity contribution in [2.24, 2.45) is 0 Å². The molecule has 0 spiro atoms. The van der Waals surface area contributed by atoms with Gasteiger partial charge in [-0.2, -0.15) is 10.1 Å². The number of hydrogen-bond donors (Lipinski definition) is 0. The summed E-state index contributed by atoms with van der Waals surface area (Å²) in [6, 6.07) is 9.31. The van der Waals surface area contributed by atoms with Crippen molar-refractivity contribution in [2.75, 3.05) is 6.61 Å². The predicted octanol–water partition coefficient (Wildman–Crippen LogP) is 2.69. The SMILES string of the molecule is CCOCc1nc(C)cc(Oc2ccc(-n3cncn3)cc2)n1. The highest BCUT2D eigenvalue weighted by Crippen LogP contribution is 2.21. The number of rotatable bonds is 6. The van der Waals surface area contributed by atoms with Crippen LogP contribution in [0.4, 0.5) is 0 Å². The molecule has 0 N–H and O–H groups in total. The molecule has 0 amide bonds. The summed E-state index contributed by atoms with van der Waals surface area (Å²) in [5.41, 5.74) is 1.75. The van der Waals surface area contributed by atoms with Crippen molar-refractivity contribution < 1.29 is 9.47 Å². The van der Waals surface area contributed by atoms with Gasteiger partial charge in [-0.1, -0.05) is 0 Å². The molecule has 3 aromatic rings. The molecule has 2 heterocycles. The molecule has 118 valence electrons.